The number of amides is 1. The average molecular weight is 372 g/mol. The van der Waals surface area contributed by atoms with Gasteiger partial charge in [-0.15, -0.1) is 0 Å². The van der Waals surface area contributed by atoms with Crippen molar-refractivity contribution in [2.24, 2.45) is 0 Å². The molecule has 0 saturated carbocycles. The maximum Gasteiger partial charge on any atom is 0.256 e. The van der Waals surface area contributed by atoms with Gasteiger partial charge in [0.15, 0.2) is 9.84 Å². The fourth-order valence-corrected chi connectivity index (χ4v) is 3.05. The highest BCUT2D eigenvalue weighted by molar-refractivity contribution is 9.10. The largest absolute Gasteiger partial charge is 0.321 e. The highest BCUT2D eigenvalue weighted by Gasteiger charge is 2.17. The summed E-state index contributed by atoms with van der Waals surface area (Å²) < 4.78 is 36.8. The van der Waals surface area contributed by atoms with Crippen LogP contribution in [-0.4, -0.2) is 20.6 Å². The number of hydrogen-bond acceptors (Lipinski definition) is 3. The van der Waals surface area contributed by atoms with Crippen molar-refractivity contribution < 1.29 is 17.6 Å². The number of para-hydroxylation sites is 1. The quantitative estimate of drug-likeness (QED) is 0.900. The molecule has 0 aliphatic rings. The molecular formula is C14H11BrFNO3S. The molecule has 0 atom stereocenters. The standard InChI is InChI=1S/C14H11BrFNO3S/c1-21(19,20)12-8-3-2-7-11(12)17-14(18)9-5-4-6-10(16)13(9)15/h2-8H,1H3,(H,17,18). The third kappa shape index (κ3) is 3.48. The summed E-state index contributed by atoms with van der Waals surface area (Å²) in [6.07, 6.45) is 1.05. The van der Waals surface area contributed by atoms with E-state index in [0.29, 0.717) is 0 Å². The Labute approximate surface area is 130 Å². The average Bonchev–Trinajstić information content (AvgIpc) is 2.41. The van der Waals surface area contributed by atoms with Crippen LogP contribution in [0.5, 0.6) is 0 Å². The van der Waals surface area contributed by atoms with Crippen molar-refractivity contribution in [2.75, 3.05) is 11.6 Å². The van der Waals surface area contributed by atoms with Crippen LogP contribution >= 0.6 is 15.9 Å². The smallest absolute Gasteiger partial charge is 0.256 e. The van der Waals surface area contributed by atoms with E-state index in [1.54, 1.807) is 12.1 Å². The van der Waals surface area contributed by atoms with Crippen molar-refractivity contribution in [3.63, 3.8) is 0 Å². The van der Waals surface area contributed by atoms with Gasteiger partial charge in [-0.3, -0.25) is 4.79 Å². The minimum absolute atomic E-state index is 0.00544. The summed E-state index contributed by atoms with van der Waals surface area (Å²) in [6.45, 7) is 0. The van der Waals surface area contributed by atoms with Crippen LogP contribution in [0.4, 0.5) is 10.1 Å². The number of carbonyl (C=O) groups is 1. The van der Waals surface area contributed by atoms with E-state index in [2.05, 4.69) is 21.2 Å². The number of halogens is 2. The second-order valence-electron chi connectivity index (χ2n) is 4.32. The third-order valence-electron chi connectivity index (χ3n) is 2.73. The van der Waals surface area contributed by atoms with Crippen LogP contribution in [0.1, 0.15) is 10.4 Å². The lowest BCUT2D eigenvalue weighted by atomic mass is 10.2. The van der Waals surface area contributed by atoms with Crippen LogP contribution in [0.3, 0.4) is 0 Å². The Morgan fingerprint density at radius 3 is 2.48 bits per heavy atom. The molecule has 2 aromatic carbocycles. The molecule has 0 spiro atoms. The molecule has 2 rings (SSSR count). The van der Waals surface area contributed by atoms with Gasteiger partial charge in [-0.25, -0.2) is 12.8 Å². The third-order valence-corrected chi connectivity index (χ3v) is 4.69. The molecule has 2 aromatic rings. The lowest BCUT2D eigenvalue weighted by Gasteiger charge is -2.10. The van der Waals surface area contributed by atoms with E-state index in [1.165, 1.54) is 30.3 Å². The summed E-state index contributed by atoms with van der Waals surface area (Å²) in [5.41, 5.74) is 0.236. The van der Waals surface area contributed by atoms with Crippen molar-refractivity contribution in [1.82, 2.24) is 0 Å². The van der Waals surface area contributed by atoms with Gasteiger partial charge in [0, 0.05) is 6.26 Å². The van der Waals surface area contributed by atoms with E-state index >= 15 is 0 Å². The summed E-state index contributed by atoms with van der Waals surface area (Å²) in [5.74, 6) is -1.17. The Hall–Kier alpha value is -1.73. The number of sulfone groups is 1. The summed E-state index contributed by atoms with van der Waals surface area (Å²) in [5, 5.41) is 2.49. The molecule has 1 amide bonds. The van der Waals surface area contributed by atoms with Crippen LogP contribution in [0, 0.1) is 5.82 Å². The van der Waals surface area contributed by atoms with E-state index in [9.17, 15) is 17.6 Å². The summed E-state index contributed by atoms with van der Waals surface area (Å²) >= 11 is 3.00. The molecule has 0 aliphatic carbocycles. The first-order chi connectivity index (χ1) is 9.80. The number of nitrogens with one attached hydrogen (secondary N) is 1. The number of anilines is 1. The summed E-state index contributed by atoms with van der Waals surface area (Å²) in [4.78, 5) is 12.2. The highest BCUT2D eigenvalue weighted by atomic mass is 79.9. The number of benzene rings is 2. The Balaban J connectivity index is 2.40. The van der Waals surface area contributed by atoms with E-state index in [-0.39, 0.29) is 20.6 Å². The van der Waals surface area contributed by atoms with E-state index in [4.69, 9.17) is 0 Å². The molecule has 1 N–H and O–H groups in total. The lowest BCUT2D eigenvalue weighted by molar-refractivity contribution is 0.102. The van der Waals surface area contributed by atoms with Gasteiger partial charge in [0.1, 0.15) is 5.82 Å². The van der Waals surface area contributed by atoms with E-state index in [0.717, 1.165) is 6.26 Å². The Morgan fingerprint density at radius 1 is 1.14 bits per heavy atom. The molecule has 0 aromatic heterocycles. The van der Waals surface area contributed by atoms with Gasteiger partial charge in [0.05, 0.1) is 20.6 Å². The fourth-order valence-electron chi connectivity index (χ4n) is 1.76. The Morgan fingerprint density at radius 2 is 1.81 bits per heavy atom. The van der Waals surface area contributed by atoms with Gasteiger partial charge >= 0.3 is 0 Å². The minimum atomic E-state index is -3.48. The molecule has 0 bridgehead atoms. The van der Waals surface area contributed by atoms with Crippen LogP contribution in [0.15, 0.2) is 51.8 Å². The second kappa shape index (κ2) is 5.95. The molecule has 7 heteroatoms. The molecule has 110 valence electrons. The van der Waals surface area contributed by atoms with Gasteiger partial charge in [0.2, 0.25) is 0 Å². The van der Waals surface area contributed by atoms with Gasteiger partial charge < -0.3 is 5.32 Å². The van der Waals surface area contributed by atoms with Crippen LogP contribution in [0.25, 0.3) is 0 Å². The predicted molar refractivity (Wildman–Crippen MR) is 81.6 cm³/mol. The van der Waals surface area contributed by atoms with Gasteiger partial charge in [-0.1, -0.05) is 18.2 Å². The first-order valence-corrected chi connectivity index (χ1v) is 8.53. The SMILES string of the molecule is CS(=O)(=O)c1ccccc1NC(=O)c1cccc(F)c1Br. The van der Waals surface area contributed by atoms with Crippen LogP contribution in [-0.2, 0) is 9.84 Å². The molecule has 21 heavy (non-hydrogen) atoms. The molecular weight excluding hydrogens is 361 g/mol. The van der Waals surface area contributed by atoms with Crippen molar-refractivity contribution in [3.8, 4) is 0 Å². The van der Waals surface area contributed by atoms with Gasteiger partial charge in [-0.05, 0) is 40.2 Å². The Kier molecular flexibility index (Phi) is 4.43. The summed E-state index contributed by atoms with van der Waals surface area (Å²) in [7, 11) is -3.48. The van der Waals surface area contributed by atoms with Crippen molar-refractivity contribution >= 4 is 37.4 Å². The highest BCUT2D eigenvalue weighted by Crippen LogP contribution is 2.24. The zero-order chi connectivity index (χ0) is 15.6. The number of carbonyl (C=O) groups excluding carboxylic acids is 1. The first kappa shape index (κ1) is 15.7. The second-order valence-corrected chi connectivity index (χ2v) is 7.10. The first-order valence-electron chi connectivity index (χ1n) is 5.85. The van der Waals surface area contributed by atoms with Crippen LogP contribution < -0.4 is 5.32 Å². The topological polar surface area (TPSA) is 63.2 Å². The molecule has 0 saturated heterocycles. The molecule has 0 unspecified atom stereocenters. The van der Waals surface area contributed by atoms with Crippen molar-refractivity contribution in [3.05, 3.63) is 58.3 Å². The Bertz CT molecular complexity index is 806. The van der Waals surface area contributed by atoms with Gasteiger partial charge in [-0.2, -0.15) is 0 Å². The molecule has 4 nitrogen and oxygen atoms in total. The zero-order valence-electron chi connectivity index (χ0n) is 10.9. The monoisotopic (exact) mass is 371 g/mol. The number of hydrogen-bond donors (Lipinski definition) is 1. The lowest BCUT2D eigenvalue weighted by Crippen LogP contribution is -2.15. The predicted octanol–water partition coefficient (Wildman–Crippen LogP) is 3.24. The summed E-state index contributed by atoms with van der Waals surface area (Å²) in [6, 6.07) is 10.1. The molecule has 0 heterocycles. The maximum absolute atomic E-state index is 13.4. The molecule has 0 fully saturated rings. The fraction of sp³-hybridized carbons (Fsp3) is 0.0714. The van der Waals surface area contributed by atoms with E-state index in [1.807, 2.05) is 0 Å². The molecule has 0 radical (unpaired) electrons. The normalized spacial score (nSPS) is 11.2. The van der Waals surface area contributed by atoms with Crippen LogP contribution in [0.2, 0.25) is 0 Å². The van der Waals surface area contributed by atoms with Crippen molar-refractivity contribution in [2.45, 2.75) is 4.90 Å². The molecule has 0 aliphatic heterocycles. The van der Waals surface area contributed by atoms with E-state index < -0.39 is 21.6 Å². The number of rotatable bonds is 3. The maximum atomic E-state index is 13.4. The minimum Gasteiger partial charge on any atom is -0.321 e. The van der Waals surface area contributed by atoms with Gasteiger partial charge in [0.25, 0.3) is 5.91 Å². The van der Waals surface area contributed by atoms with Crippen molar-refractivity contribution in [1.29, 1.82) is 0 Å². The zero-order valence-corrected chi connectivity index (χ0v) is 13.3.